The normalized spacial score (nSPS) is 31.3. The van der Waals surface area contributed by atoms with Gasteiger partial charge < -0.3 is 18.9 Å². The van der Waals surface area contributed by atoms with Crippen molar-refractivity contribution < 1.29 is 33.3 Å². The van der Waals surface area contributed by atoms with E-state index in [-0.39, 0.29) is 48.1 Å². The number of carbonyl (C=O) groups is 3. The predicted octanol–water partition coefficient (Wildman–Crippen LogP) is 6.18. The Morgan fingerprint density at radius 1 is 1.05 bits per heavy atom. The standard InChI is InChI=1S/C31H50O7/c1-6-7-16-31(3,4)28(33)15-14-24-25(19-23-18-22(23)11-10-12-29(34)35-5)27(37-21(2)32)20-26(24)38-30-13-8-9-17-36-30/h14-15,22-27,30H,6-13,16-20H2,1-5H3/b15-14+/t22?,23?,24?,25?,26-,27+,30?/m1/s1. The SMILES string of the molecule is CCCCC(C)(C)C(=O)/C=C/C1C(CC2CC2CCCC(=O)OC)[C@@H](OC(C)=O)C[C@H]1OC1CCCCO1. The zero-order chi connectivity index (χ0) is 27.7. The van der Waals surface area contributed by atoms with Crippen LogP contribution in [-0.2, 0) is 33.3 Å². The molecule has 0 aromatic heterocycles. The van der Waals surface area contributed by atoms with Crippen molar-refractivity contribution >= 4 is 17.7 Å². The number of hydrogen-bond donors (Lipinski definition) is 0. The van der Waals surface area contributed by atoms with E-state index in [2.05, 4.69) is 6.92 Å². The molecule has 3 rings (SSSR count). The van der Waals surface area contributed by atoms with E-state index in [9.17, 15) is 14.4 Å². The molecule has 38 heavy (non-hydrogen) atoms. The molecule has 5 unspecified atom stereocenters. The van der Waals surface area contributed by atoms with Crippen molar-refractivity contribution in [2.24, 2.45) is 29.1 Å². The minimum Gasteiger partial charge on any atom is -0.469 e. The van der Waals surface area contributed by atoms with Gasteiger partial charge in [-0.25, -0.2) is 0 Å². The Balaban J connectivity index is 1.73. The van der Waals surface area contributed by atoms with E-state index in [4.69, 9.17) is 18.9 Å². The molecule has 1 saturated heterocycles. The molecule has 0 aromatic carbocycles. The van der Waals surface area contributed by atoms with E-state index >= 15 is 0 Å². The Morgan fingerprint density at radius 3 is 2.50 bits per heavy atom. The summed E-state index contributed by atoms with van der Waals surface area (Å²) in [6.07, 6.45) is 14.1. The number of unbranched alkanes of at least 4 members (excludes halogenated alkanes) is 1. The van der Waals surface area contributed by atoms with E-state index in [1.165, 1.54) is 14.0 Å². The maximum atomic E-state index is 13.2. The molecule has 0 N–H and O–H groups in total. The second-order valence-electron chi connectivity index (χ2n) is 12.3. The van der Waals surface area contributed by atoms with E-state index in [1.807, 2.05) is 19.9 Å². The molecule has 2 saturated carbocycles. The molecule has 7 nitrogen and oxygen atoms in total. The Morgan fingerprint density at radius 2 is 1.84 bits per heavy atom. The van der Waals surface area contributed by atoms with E-state index in [1.54, 1.807) is 6.08 Å². The van der Waals surface area contributed by atoms with Crippen LogP contribution in [0.1, 0.15) is 105 Å². The Kier molecular flexibility index (Phi) is 11.8. The van der Waals surface area contributed by atoms with Gasteiger partial charge in [0.15, 0.2) is 12.1 Å². The highest BCUT2D eigenvalue weighted by Gasteiger charge is 2.49. The highest BCUT2D eigenvalue weighted by Crippen LogP contribution is 2.51. The summed E-state index contributed by atoms with van der Waals surface area (Å²) in [5, 5.41) is 0. The quantitative estimate of drug-likeness (QED) is 0.183. The monoisotopic (exact) mass is 534 g/mol. The first-order valence-corrected chi connectivity index (χ1v) is 14.9. The Labute approximate surface area is 229 Å². The summed E-state index contributed by atoms with van der Waals surface area (Å²) in [6, 6.07) is 0. The highest BCUT2D eigenvalue weighted by molar-refractivity contribution is 5.94. The van der Waals surface area contributed by atoms with Crippen molar-refractivity contribution in [1.82, 2.24) is 0 Å². The molecule has 0 spiro atoms. The summed E-state index contributed by atoms with van der Waals surface area (Å²) < 4.78 is 23.0. The first-order valence-electron chi connectivity index (χ1n) is 14.9. The molecule has 7 atom stereocenters. The van der Waals surface area contributed by atoms with Gasteiger partial charge >= 0.3 is 11.9 Å². The first-order chi connectivity index (χ1) is 18.1. The lowest BCUT2D eigenvalue weighted by atomic mass is 9.81. The third kappa shape index (κ3) is 9.18. The number of ether oxygens (including phenoxy) is 4. The molecule has 0 aromatic rings. The summed E-state index contributed by atoms with van der Waals surface area (Å²) in [4.78, 5) is 36.7. The molecular formula is C31H50O7. The second kappa shape index (κ2) is 14.6. The minimum absolute atomic E-state index is 0.0212. The van der Waals surface area contributed by atoms with Crippen LogP contribution in [0.5, 0.6) is 0 Å². The van der Waals surface area contributed by atoms with Crippen LogP contribution < -0.4 is 0 Å². The second-order valence-corrected chi connectivity index (χ2v) is 12.3. The summed E-state index contributed by atoms with van der Waals surface area (Å²) in [6.45, 7) is 8.36. The summed E-state index contributed by atoms with van der Waals surface area (Å²) in [7, 11) is 1.43. The van der Waals surface area contributed by atoms with Crippen molar-refractivity contribution in [3.63, 3.8) is 0 Å². The van der Waals surface area contributed by atoms with Crippen molar-refractivity contribution in [2.45, 2.75) is 123 Å². The summed E-state index contributed by atoms with van der Waals surface area (Å²) >= 11 is 0. The van der Waals surface area contributed by atoms with Gasteiger partial charge in [0.1, 0.15) is 6.10 Å². The van der Waals surface area contributed by atoms with E-state index < -0.39 is 5.41 Å². The lowest BCUT2D eigenvalue weighted by Crippen LogP contribution is -2.31. The van der Waals surface area contributed by atoms with Gasteiger partial charge in [0.05, 0.1) is 13.2 Å². The van der Waals surface area contributed by atoms with Gasteiger partial charge in [0.2, 0.25) is 0 Å². The van der Waals surface area contributed by atoms with Gasteiger partial charge in [0, 0.05) is 43.6 Å². The molecule has 2 aliphatic carbocycles. The maximum Gasteiger partial charge on any atom is 0.305 e. The van der Waals surface area contributed by atoms with Crippen LogP contribution in [0.3, 0.4) is 0 Å². The molecule has 7 heteroatoms. The average Bonchev–Trinajstić information content (AvgIpc) is 3.55. The lowest BCUT2D eigenvalue weighted by Gasteiger charge is -2.29. The average molecular weight is 535 g/mol. The third-order valence-corrected chi connectivity index (χ3v) is 8.77. The molecule has 0 bridgehead atoms. The molecule has 0 radical (unpaired) electrons. The van der Waals surface area contributed by atoms with Gasteiger partial charge in [-0.15, -0.1) is 0 Å². The molecular weight excluding hydrogens is 484 g/mol. The smallest absolute Gasteiger partial charge is 0.305 e. The summed E-state index contributed by atoms with van der Waals surface area (Å²) in [5.41, 5.74) is -0.403. The van der Waals surface area contributed by atoms with E-state index in [0.717, 1.165) is 64.2 Å². The fourth-order valence-electron chi connectivity index (χ4n) is 6.25. The number of rotatable bonds is 15. The van der Waals surface area contributed by atoms with Crippen LogP contribution >= 0.6 is 0 Å². The fraction of sp³-hybridized carbons (Fsp3) is 0.839. The van der Waals surface area contributed by atoms with Gasteiger partial charge in [-0.1, -0.05) is 39.7 Å². The summed E-state index contributed by atoms with van der Waals surface area (Å²) in [5.74, 6) is 0.888. The zero-order valence-electron chi connectivity index (χ0n) is 24.2. The first kappa shape index (κ1) is 30.8. The van der Waals surface area contributed by atoms with Gasteiger partial charge in [-0.3, -0.25) is 14.4 Å². The van der Waals surface area contributed by atoms with Crippen molar-refractivity contribution in [2.75, 3.05) is 13.7 Å². The van der Waals surface area contributed by atoms with E-state index in [0.29, 0.717) is 31.3 Å². The van der Waals surface area contributed by atoms with Crippen molar-refractivity contribution in [3.05, 3.63) is 12.2 Å². The van der Waals surface area contributed by atoms with Crippen LogP contribution in [0.15, 0.2) is 12.2 Å². The van der Waals surface area contributed by atoms with Crippen LogP contribution in [0.4, 0.5) is 0 Å². The fourth-order valence-corrected chi connectivity index (χ4v) is 6.25. The number of allylic oxidation sites excluding steroid dienone is 1. The molecule has 0 amide bonds. The minimum atomic E-state index is -0.403. The van der Waals surface area contributed by atoms with Crippen LogP contribution in [0.25, 0.3) is 0 Å². The number of esters is 2. The predicted molar refractivity (Wildman–Crippen MR) is 145 cm³/mol. The highest BCUT2D eigenvalue weighted by atomic mass is 16.7. The Bertz CT molecular complexity index is 813. The third-order valence-electron chi connectivity index (χ3n) is 8.77. The number of carbonyl (C=O) groups excluding carboxylic acids is 3. The van der Waals surface area contributed by atoms with Crippen LogP contribution in [0.2, 0.25) is 0 Å². The lowest BCUT2D eigenvalue weighted by molar-refractivity contribution is -0.193. The zero-order valence-corrected chi connectivity index (χ0v) is 24.2. The molecule has 1 aliphatic heterocycles. The molecule has 3 aliphatic rings. The van der Waals surface area contributed by atoms with Crippen LogP contribution in [-0.4, -0.2) is 49.9 Å². The molecule has 1 heterocycles. The number of methoxy groups -OCH3 is 1. The number of ketones is 1. The largest absolute Gasteiger partial charge is 0.469 e. The van der Waals surface area contributed by atoms with Gasteiger partial charge in [-0.05, 0) is 69.3 Å². The molecule has 216 valence electrons. The van der Waals surface area contributed by atoms with Gasteiger partial charge in [-0.2, -0.15) is 0 Å². The van der Waals surface area contributed by atoms with Crippen molar-refractivity contribution in [3.8, 4) is 0 Å². The van der Waals surface area contributed by atoms with Gasteiger partial charge in [0.25, 0.3) is 0 Å². The topological polar surface area (TPSA) is 88.1 Å². The van der Waals surface area contributed by atoms with Crippen molar-refractivity contribution in [1.29, 1.82) is 0 Å². The number of hydrogen-bond acceptors (Lipinski definition) is 7. The molecule has 3 fully saturated rings. The maximum absolute atomic E-state index is 13.2. The Hall–Kier alpha value is -1.73. The van der Waals surface area contributed by atoms with Crippen LogP contribution in [0, 0.1) is 29.1 Å².